The molecule has 1 atom stereocenters. The molecule has 0 bridgehead atoms. The van der Waals surface area contributed by atoms with Crippen molar-refractivity contribution in [3.8, 4) is 11.5 Å². The molecular formula is C16H11ClNO2. The second-order valence-corrected chi connectivity index (χ2v) is 5.03. The van der Waals surface area contributed by atoms with Gasteiger partial charge >= 0.3 is 0 Å². The summed E-state index contributed by atoms with van der Waals surface area (Å²) in [5.41, 5.74) is 3.16. The van der Waals surface area contributed by atoms with Gasteiger partial charge < -0.3 is 4.42 Å². The highest BCUT2D eigenvalue weighted by Gasteiger charge is 2.11. The molecule has 0 saturated heterocycles. The minimum atomic E-state index is -0.268. The first-order chi connectivity index (χ1) is 9.67. The van der Waals surface area contributed by atoms with Gasteiger partial charge in [-0.1, -0.05) is 24.6 Å². The third kappa shape index (κ3) is 2.32. The van der Waals surface area contributed by atoms with E-state index in [0.29, 0.717) is 16.5 Å². The zero-order valence-corrected chi connectivity index (χ0v) is 11.5. The summed E-state index contributed by atoms with van der Waals surface area (Å²) in [6.07, 6.45) is 1.97. The van der Waals surface area contributed by atoms with Crippen molar-refractivity contribution < 1.29 is 9.21 Å². The van der Waals surface area contributed by atoms with Crippen LogP contribution in [0.2, 0.25) is 5.02 Å². The van der Waals surface area contributed by atoms with Gasteiger partial charge in [0.05, 0.1) is 0 Å². The first-order valence-corrected chi connectivity index (χ1v) is 6.59. The fourth-order valence-corrected chi connectivity index (χ4v) is 2.12. The summed E-state index contributed by atoms with van der Waals surface area (Å²) < 4.78 is 5.71. The normalized spacial score (nSPS) is 12.5. The van der Waals surface area contributed by atoms with E-state index >= 15 is 0 Å². The third-order valence-electron chi connectivity index (χ3n) is 3.18. The Morgan fingerprint density at radius 1 is 1.20 bits per heavy atom. The first kappa shape index (κ1) is 12.9. The van der Waals surface area contributed by atoms with Crippen LogP contribution in [0.15, 0.2) is 46.9 Å². The summed E-state index contributed by atoms with van der Waals surface area (Å²) in [4.78, 5) is 15.2. The number of rotatable bonds is 3. The van der Waals surface area contributed by atoms with Crippen LogP contribution < -0.4 is 0 Å². The maximum atomic E-state index is 10.7. The SMILES string of the molecule is CC([C]=O)c1ccc2oc(-c3ccc(Cl)cc3)nc2c1. The van der Waals surface area contributed by atoms with Crippen molar-refractivity contribution in [1.82, 2.24) is 4.98 Å². The topological polar surface area (TPSA) is 43.1 Å². The van der Waals surface area contributed by atoms with E-state index in [1.807, 2.05) is 36.6 Å². The van der Waals surface area contributed by atoms with Gasteiger partial charge in [0, 0.05) is 16.5 Å². The monoisotopic (exact) mass is 284 g/mol. The number of fused-ring (bicyclic) bond motifs is 1. The number of aromatic nitrogens is 1. The summed E-state index contributed by atoms with van der Waals surface area (Å²) in [5.74, 6) is 0.270. The van der Waals surface area contributed by atoms with Crippen molar-refractivity contribution in [3.05, 3.63) is 53.1 Å². The van der Waals surface area contributed by atoms with E-state index in [-0.39, 0.29) is 5.92 Å². The average Bonchev–Trinajstić information content (AvgIpc) is 2.90. The molecule has 0 spiro atoms. The predicted molar refractivity (Wildman–Crippen MR) is 78.6 cm³/mol. The molecule has 3 aromatic rings. The van der Waals surface area contributed by atoms with Gasteiger partial charge in [-0.3, -0.25) is 4.79 Å². The average molecular weight is 285 g/mol. The van der Waals surface area contributed by atoms with Crippen LogP contribution in [0, 0.1) is 0 Å². The van der Waals surface area contributed by atoms with E-state index < -0.39 is 0 Å². The molecule has 3 nitrogen and oxygen atoms in total. The summed E-state index contributed by atoms with van der Waals surface area (Å²) in [5, 5.41) is 0.669. The van der Waals surface area contributed by atoms with Crippen LogP contribution in [-0.2, 0) is 4.79 Å². The van der Waals surface area contributed by atoms with Gasteiger partial charge in [-0.2, -0.15) is 0 Å². The Balaban J connectivity index is 2.06. The minimum absolute atomic E-state index is 0.268. The lowest BCUT2D eigenvalue weighted by Gasteiger charge is -2.00. The van der Waals surface area contributed by atoms with Gasteiger partial charge in [-0.05, 0) is 42.0 Å². The zero-order chi connectivity index (χ0) is 14.1. The highest BCUT2D eigenvalue weighted by molar-refractivity contribution is 6.30. The van der Waals surface area contributed by atoms with Crippen molar-refractivity contribution in [1.29, 1.82) is 0 Å². The van der Waals surface area contributed by atoms with E-state index in [1.165, 1.54) is 0 Å². The molecule has 0 saturated carbocycles. The van der Waals surface area contributed by atoms with Crippen LogP contribution in [0.1, 0.15) is 18.4 Å². The molecule has 0 amide bonds. The zero-order valence-electron chi connectivity index (χ0n) is 10.8. The summed E-state index contributed by atoms with van der Waals surface area (Å²) in [6, 6.07) is 12.8. The number of nitrogens with zero attached hydrogens (tertiary/aromatic N) is 1. The lowest BCUT2D eigenvalue weighted by molar-refractivity contribution is 0.546. The fraction of sp³-hybridized carbons (Fsp3) is 0.125. The molecule has 3 rings (SSSR count). The van der Waals surface area contributed by atoms with Crippen LogP contribution in [0.3, 0.4) is 0 Å². The maximum absolute atomic E-state index is 10.7. The van der Waals surface area contributed by atoms with Crippen molar-refractivity contribution >= 4 is 29.0 Å². The van der Waals surface area contributed by atoms with E-state index in [4.69, 9.17) is 16.0 Å². The quantitative estimate of drug-likeness (QED) is 0.717. The highest BCUT2D eigenvalue weighted by Crippen LogP contribution is 2.27. The van der Waals surface area contributed by atoms with E-state index in [9.17, 15) is 4.79 Å². The number of halogens is 1. The Hall–Kier alpha value is -2.13. The molecule has 2 aromatic carbocycles. The highest BCUT2D eigenvalue weighted by atomic mass is 35.5. The van der Waals surface area contributed by atoms with Crippen molar-refractivity contribution in [2.24, 2.45) is 0 Å². The van der Waals surface area contributed by atoms with Gasteiger partial charge in [0.1, 0.15) is 5.52 Å². The Kier molecular flexibility index (Phi) is 3.28. The van der Waals surface area contributed by atoms with Gasteiger partial charge in [0.2, 0.25) is 12.2 Å². The standard InChI is InChI=1S/C16H11ClNO2/c1-10(9-19)12-4-7-15-14(8-12)18-16(20-15)11-2-5-13(17)6-3-11/h2-8,10H,1H3. The lowest BCUT2D eigenvalue weighted by Crippen LogP contribution is -1.93. The molecule has 0 N–H and O–H groups in total. The number of benzene rings is 2. The molecular weight excluding hydrogens is 274 g/mol. The minimum Gasteiger partial charge on any atom is -0.436 e. The maximum Gasteiger partial charge on any atom is 0.227 e. The van der Waals surface area contributed by atoms with Gasteiger partial charge in [-0.15, -0.1) is 0 Å². The number of carbonyl (C=O) groups excluding carboxylic acids is 1. The summed E-state index contributed by atoms with van der Waals surface area (Å²) in [6.45, 7) is 1.80. The Bertz CT molecular complexity index is 762. The van der Waals surface area contributed by atoms with Crippen molar-refractivity contribution in [2.45, 2.75) is 12.8 Å². The van der Waals surface area contributed by atoms with Crippen LogP contribution in [0.4, 0.5) is 0 Å². The first-order valence-electron chi connectivity index (χ1n) is 6.21. The van der Waals surface area contributed by atoms with E-state index in [2.05, 4.69) is 4.98 Å². The van der Waals surface area contributed by atoms with Crippen LogP contribution >= 0.6 is 11.6 Å². The smallest absolute Gasteiger partial charge is 0.227 e. The van der Waals surface area contributed by atoms with Gasteiger partial charge in [-0.25, -0.2) is 4.98 Å². The molecule has 0 aliphatic heterocycles. The molecule has 1 heterocycles. The second kappa shape index (κ2) is 5.10. The molecule has 0 aliphatic carbocycles. The molecule has 20 heavy (non-hydrogen) atoms. The largest absolute Gasteiger partial charge is 0.436 e. The van der Waals surface area contributed by atoms with Crippen molar-refractivity contribution in [2.75, 3.05) is 0 Å². The third-order valence-corrected chi connectivity index (χ3v) is 3.43. The molecule has 0 aliphatic rings. The van der Waals surface area contributed by atoms with Gasteiger partial charge in [0.25, 0.3) is 0 Å². The number of hydrogen-bond acceptors (Lipinski definition) is 3. The van der Waals surface area contributed by atoms with E-state index in [0.717, 1.165) is 16.6 Å². The number of oxazole rings is 1. The molecule has 0 fully saturated rings. The van der Waals surface area contributed by atoms with Crippen LogP contribution in [0.5, 0.6) is 0 Å². The molecule has 1 aromatic heterocycles. The fourth-order valence-electron chi connectivity index (χ4n) is 2.00. The summed E-state index contributed by atoms with van der Waals surface area (Å²) in [7, 11) is 0. The van der Waals surface area contributed by atoms with Crippen LogP contribution in [0.25, 0.3) is 22.6 Å². The van der Waals surface area contributed by atoms with E-state index in [1.54, 1.807) is 19.1 Å². The van der Waals surface area contributed by atoms with Crippen LogP contribution in [-0.4, -0.2) is 11.3 Å². The Morgan fingerprint density at radius 3 is 2.65 bits per heavy atom. The Morgan fingerprint density at radius 2 is 1.95 bits per heavy atom. The molecule has 1 radical (unpaired) electrons. The molecule has 4 heteroatoms. The second-order valence-electron chi connectivity index (χ2n) is 4.59. The summed E-state index contributed by atoms with van der Waals surface area (Å²) >= 11 is 5.86. The van der Waals surface area contributed by atoms with Gasteiger partial charge in [0.15, 0.2) is 5.58 Å². The molecule has 99 valence electrons. The lowest BCUT2D eigenvalue weighted by atomic mass is 10.0. The Labute approximate surface area is 121 Å². The number of hydrogen-bond donors (Lipinski definition) is 0. The van der Waals surface area contributed by atoms with Crippen molar-refractivity contribution in [3.63, 3.8) is 0 Å². The predicted octanol–water partition coefficient (Wildman–Crippen LogP) is 4.36. The molecule has 1 unspecified atom stereocenters.